The highest BCUT2D eigenvalue weighted by molar-refractivity contribution is 5.84. The fourth-order valence-electron chi connectivity index (χ4n) is 1.59. The molecule has 0 aliphatic carbocycles. The number of aromatic nitrogens is 2. The van der Waals surface area contributed by atoms with Crippen molar-refractivity contribution in [1.82, 2.24) is 15.1 Å². The summed E-state index contributed by atoms with van der Waals surface area (Å²) in [5.41, 5.74) is 0.880. The highest BCUT2D eigenvalue weighted by Crippen LogP contribution is 2.11. The number of ether oxygens (including phenoxy) is 1. The molecule has 0 aliphatic rings. The number of para-hydroxylation sites is 1. The summed E-state index contributed by atoms with van der Waals surface area (Å²) in [4.78, 5) is 22.5. The Kier molecular flexibility index (Phi) is 3.57. The average Bonchev–Trinajstić information content (AvgIpc) is 2.79. The van der Waals surface area contributed by atoms with Gasteiger partial charge in [-0.05, 0) is 6.07 Å². The van der Waals surface area contributed by atoms with Crippen LogP contribution in [0.25, 0.3) is 10.9 Å². The average molecular weight is 247 g/mol. The molecule has 1 N–H and O–H groups in total. The third-order valence-corrected chi connectivity index (χ3v) is 2.50. The van der Waals surface area contributed by atoms with Gasteiger partial charge in [0, 0.05) is 5.39 Å². The molecule has 18 heavy (non-hydrogen) atoms. The summed E-state index contributed by atoms with van der Waals surface area (Å²) in [5.74, 6) is -0.761. The van der Waals surface area contributed by atoms with Crippen molar-refractivity contribution in [2.24, 2.45) is 0 Å². The zero-order chi connectivity index (χ0) is 13.0. The molecule has 6 nitrogen and oxygen atoms in total. The zero-order valence-electron chi connectivity index (χ0n) is 9.92. The molecule has 94 valence electrons. The van der Waals surface area contributed by atoms with Crippen LogP contribution in [0.4, 0.5) is 0 Å². The highest BCUT2D eigenvalue weighted by atomic mass is 16.5. The Morgan fingerprint density at radius 3 is 2.94 bits per heavy atom. The molecule has 0 fully saturated rings. The van der Waals surface area contributed by atoms with E-state index in [4.69, 9.17) is 0 Å². The number of nitrogens with zero attached hydrogens (tertiary/aromatic N) is 2. The molecule has 2 aromatic rings. The van der Waals surface area contributed by atoms with Gasteiger partial charge in [0.15, 0.2) is 0 Å². The van der Waals surface area contributed by atoms with Gasteiger partial charge in [0.1, 0.15) is 13.1 Å². The molecular weight excluding hydrogens is 234 g/mol. The molecule has 0 radical (unpaired) electrons. The van der Waals surface area contributed by atoms with Gasteiger partial charge in [-0.15, -0.1) is 0 Å². The number of nitrogens with one attached hydrogen (secondary N) is 1. The van der Waals surface area contributed by atoms with Crippen molar-refractivity contribution >= 4 is 22.8 Å². The van der Waals surface area contributed by atoms with E-state index in [0.717, 1.165) is 10.9 Å². The van der Waals surface area contributed by atoms with Gasteiger partial charge >= 0.3 is 5.97 Å². The summed E-state index contributed by atoms with van der Waals surface area (Å²) in [6.07, 6.45) is 1.70. The maximum atomic E-state index is 11.6. The molecule has 1 aromatic heterocycles. The summed E-state index contributed by atoms with van der Waals surface area (Å²) in [6.45, 7) is -0.0565. The maximum absolute atomic E-state index is 11.6. The van der Waals surface area contributed by atoms with E-state index in [1.807, 2.05) is 24.3 Å². The molecule has 6 heteroatoms. The Morgan fingerprint density at radius 1 is 1.39 bits per heavy atom. The van der Waals surface area contributed by atoms with E-state index in [2.05, 4.69) is 15.2 Å². The first kappa shape index (κ1) is 12.1. The number of esters is 1. The second-order valence-electron chi connectivity index (χ2n) is 3.71. The molecule has 1 heterocycles. The van der Waals surface area contributed by atoms with Crippen LogP contribution < -0.4 is 5.32 Å². The van der Waals surface area contributed by atoms with Crippen molar-refractivity contribution in [3.63, 3.8) is 0 Å². The highest BCUT2D eigenvalue weighted by Gasteiger charge is 2.08. The van der Waals surface area contributed by atoms with E-state index < -0.39 is 5.97 Å². The molecule has 0 atom stereocenters. The van der Waals surface area contributed by atoms with E-state index in [0.29, 0.717) is 0 Å². The summed E-state index contributed by atoms with van der Waals surface area (Å²) in [6, 6.07) is 7.60. The van der Waals surface area contributed by atoms with Crippen LogP contribution in [0.5, 0.6) is 0 Å². The Hall–Kier alpha value is -2.37. The number of methoxy groups -OCH3 is 1. The zero-order valence-corrected chi connectivity index (χ0v) is 9.92. The van der Waals surface area contributed by atoms with Crippen LogP contribution in [0.3, 0.4) is 0 Å². The first-order chi connectivity index (χ1) is 8.70. The normalized spacial score (nSPS) is 10.3. The van der Waals surface area contributed by atoms with Gasteiger partial charge in [-0.2, -0.15) is 5.10 Å². The summed E-state index contributed by atoms with van der Waals surface area (Å²) in [5, 5.41) is 7.55. The molecule has 0 bridgehead atoms. The van der Waals surface area contributed by atoms with Crippen molar-refractivity contribution in [2.45, 2.75) is 6.54 Å². The molecule has 1 aromatic carbocycles. The molecule has 0 saturated carbocycles. The van der Waals surface area contributed by atoms with Gasteiger partial charge in [0.25, 0.3) is 0 Å². The Labute approximate surface area is 104 Å². The lowest BCUT2D eigenvalue weighted by Crippen LogP contribution is -2.33. The van der Waals surface area contributed by atoms with Gasteiger partial charge in [-0.1, -0.05) is 18.2 Å². The van der Waals surface area contributed by atoms with Crippen LogP contribution in [0.1, 0.15) is 0 Å². The van der Waals surface area contributed by atoms with Gasteiger partial charge in [-0.3, -0.25) is 14.3 Å². The van der Waals surface area contributed by atoms with E-state index in [1.165, 1.54) is 7.11 Å². The lowest BCUT2D eigenvalue weighted by molar-refractivity contribution is -0.141. The van der Waals surface area contributed by atoms with Crippen LogP contribution in [0, 0.1) is 0 Å². The predicted molar refractivity (Wildman–Crippen MR) is 64.8 cm³/mol. The standard InChI is InChI=1S/C12H13N3O3/c1-18-12(17)7-13-11(16)8-15-10-5-3-2-4-9(10)6-14-15/h2-6H,7-8H2,1H3,(H,13,16). The lowest BCUT2D eigenvalue weighted by Gasteiger charge is -2.05. The minimum atomic E-state index is -0.478. The number of rotatable bonds is 4. The van der Waals surface area contributed by atoms with E-state index in [1.54, 1.807) is 10.9 Å². The molecule has 0 spiro atoms. The number of benzene rings is 1. The first-order valence-electron chi connectivity index (χ1n) is 5.45. The SMILES string of the molecule is COC(=O)CNC(=O)Cn1ncc2ccccc21. The van der Waals surface area contributed by atoms with Gasteiger partial charge in [0.05, 0.1) is 18.8 Å². The van der Waals surface area contributed by atoms with Gasteiger partial charge < -0.3 is 10.1 Å². The van der Waals surface area contributed by atoms with Crippen LogP contribution in [-0.2, 0) is 20.9 Å². The molecule has 0 saturated heterocycles. The fourth-order valence-corrected chi connectivity index (χ4v) is 1.59. The van der Waals surface area contributed by atoms with Crippen molar-refractivity contribution < 1.29 is 14.3 Å². The topological polar surface area (TPSA) is 73.2 Å². The third-order valence-electron chi connectivity index (χ3n) is 2.50. The molecular formula is C12H13N3O3. The second kappa shape index (κ2) is 5.31. The number of carbonyl (C=O) groups is 2. The second-order valence-corrected chi connectivity index (χ2v) is 3.71. The quantitative estimate of drug-likeness (QED) is 0.790. The maximum Gasteiger partial charge on any atom is 0.325 e. The Morgan fingerprint density at radius 2 is 2.17 bits per heavy atom. The van der Waals surface area contributed by atoms with Crippen LogP contribution in [0.2, 0.25) is 0 Å². The lowest BCUT2D eigenvalue weighted by atomic mass is 10.2. The van der Waals surface area contributed by atoms with Crippen LogP contribution in [-0.4, -0.2) is 35.3 Å². The summed E-state index contributed by atoms with van der Waals surface area (Å²) in [7, 11) is 1.27. The van der Waals surface area contributed by atoms with Crippen LogP contribution >= 0.6 is 0 Å². The Bertz CT molecular complexity index is 577. The van der Waals surface area contributed by atoms with Crippen molar-refractivity contribution in [3.8, 4) is 0 Å². The molecule has 0 unspecified atom stereocenters. The number of amides is 1. The number of hydrogen-bond donors (Lipinski definition) is 1. The van der Waals surface area contributed by atoms with Crippen molar-refractivity contribution in [3.05, 3.63) is 30.5 Å². The smallest absolute Gasteiger partial charge is 0.325 e. The van der Waals surface area contributed by atoms with E-state index in [9.17, 15) is 9.59 Å². The summed E-state index contributed by atoms with van der Waals surface area (Å²) < 4.78 is 6.02. The summed E-state index contributed by atoms with van der Waals surface area (Å²) >= 11 is 0. The minimum Gasteiger partial charge on any atom is -0.468 e. The monoisotopic (exact) mass is 247 g/mol. The predicted octanol–water partition coefficient (Wildman–Crippen LogP) is 0.325. The van der Waals surface area contributed by atoms with Crippen LogP contribution in [0.15, 0.2) is 30.5 Å². The van der Waals surface area contributed by atoms with E-state index in [-0.39, 0.29) is 19.0 Å². The number of carbonyl (C=O) groups excluding carboxylic acids is 2. The van der Waals surface area contributed by atoms with Gasteiger partial charge in [-0.25, -0.2) is 0 Å². The minimum absolute atomic E-state index is 0.0739. The fraction of sp³-hybridized carbons (Fsp3) is 0.250. The molecule has 1 amide bonds. The molecule has 2 rings (SSSR count). The largest absolute Gasteiger partial charge is 0.468 e. The van der Waals surface area contributed by atoms with Crippen molar-refractivity contribution in [2.75, 3.05) is 13.7 Å². The van der Waals surface area contributed by atoms with E-state index >= 15 is 0 Å². The van der Waals surface area contributed by atoms with Gasteiger partial charge in [0.2, 0.25) is 5.91 Å². The Balaban J connectivity index is 2.01. The van der Waals surface area contributed by atoms with Crippen molar-refractivity contribution in [1.29, 1.82) is 0 Å². The third kappa shape index (κ3) is 2.65. The number of fused-ring (bicyclic) bond motifs is 1. The molecule has 0 aliphatic heterocycles. The number of hydrogen-bond acceptors (Lipinski definition) is 4. The first-order valence-corrected chi connectivity index (χ1v) is 5.45.